The van der Waals surface area contributed by atoms with Gasteiger partial charge in [-0.1, -0.05) is 66.2 Å². The van der Waals surface area contributed by atoms with E-state index in [1.54, 1.807) is 0 Å². The third-order valence-electron chi connectivity index (χ3n) is 7.18. The van der Waals surface area contributed by atoms with Crippen LogP contribution in [0, 0.1) is 0 Å². The van der Waals surface area contributed by atoms with Gasteiger partial charge in [0.15, 0.2) is 5.11 Å². The smallest absolute Gasteiger partial charge is 0.232 e. The van der Waals surface area contributed by atoms with E-state index in [-0.39, 0.29) is 0 Å². The van der Waals surface area contributed by atoms with E-state index in [2.05, 4.69) is 86.0 Å². The minimum Gasteiger partial charge on any atom is -0.368 e. The Bertz CT molecular complexity index is 1410. The normalized spacial score (nSPS) is 14.7. The number of thiocarbonyl (C=S) groups is 1. The maximum Gasteiger partial charge on any atom is 0.232 e. The number of nitrogens with one attached hydrogen (secondary N) is 2. The Morgan fingerprint density at radius 1 is 0.744 bits per heavy atom. The van der Waals surface area contributed by atoms with Crippen LogP contribution in [0.1, 0.15) is 16.7 Å². The topological polar surface area (TPSA) is 59.6 Å². The molecule has 9 heteroatoms. The zero-order chi connectivity index (χ0) is 26.6. The van der Waals surface area contributed by atoms with Crippen molar-refractivity contribution in [1.82, 2.24) is 15.3 Å². The molecule has 0 radical (unpaired) electrons. The molecule has 1 aromatic heterocycles. The maximum atomic E-state index is 6.01. The van der Waals surface area contributed by atoms with Crippen LogP contribution in [-0.4, -0.2) is 41.3 Å². The summed E-state index contributed by atoms with van der Waals surface area (Å²) >= 11 is 11.6. The van der Waals surface area contributed by atoms with Crippen LogP contribution < -0.4 is 25.3 Å². The summed E-state index contributed by atoms with van der Waals surface area (Å²) in [5.41, 5.74) is 5.02. The number of piperazine rings is 1. The van der Waals surface area contributed by atoms with Gasteiger partial charge in [-0.15, -0.1) is 0 Å². The summed E-state index contributed by atoms with van der Waals surface area (Å²) in [6, 6.07) is 29.0. The zero-order valence-electron chi connectivity index (χ0n) is 21.6. The second-order valence-electron chi connectivity index (χ2n) is 9.78. The summed E-state index contributed by atoms with van der Waals surface area (Å²) in [7, 11) is 0. The number of benzene rings is 3. The lowest BCUT2D eigenvalue weighted by molar-refractivity contribution is 0.647. The highest BCUT2D eigenvalue weighted by molar-refractivity contribution is 7.80. The molecule has 0 unspecified atom stereocenters. The maximum absolute atomic E-state index is 6.01. The van der Waals surface area contributed by atoms with Crippen molar-refractivity contribution in [3.8, 4) is 0 Å². The van der Waals surface area contributed by atoms with E-state index in [0.717, 1.165) is 56.5 Å². The Kier molecular flexibility index (Phi) is 7.47. The number of anilines is 4. The van der Waals surface area contributed by atoms with Crippen LogP contribution in [0.5, 0.6) is 0 Å². The standard InChI is InChI=1S/C30H30ClN7S/c31-25-12-10-22(11-13-25)19-32-30(39)35-29-33-27(37-16-14-36(15-17-37)26-8-2-1-3-9-26)18-28(34-29)38-20-23-6-4-5-7-24(23)21-38/h1-13,18H,14-17,19-21H2,(H2,32,33,34,35,39). The van der Waals surface area contributed by atoms with Gasteiger partial charge in [-0.3, -0.25) is 0 Å². The highest BCUT2D eigenvalue weighted by Crippen LogP contribution is 2.30. The van der Waals surface area contributed by atoms with Crippen LogP contribution in [-0.2, 0) is 19.6 Å². The molecule has 0 saturated carbocycles. The van der Waals surface area contributed by atoms with Gasteiger partial charge in [0.05, 0.1) is 0 Å². The predicted octanol–water partition coefficient (Wildman–Crippen LogP) is 5.46. The van der Waals surface area contributed by atoms with Crippen LogP contribution in [0.15, 0.2) is 84.9 Å². The summed E-state index contributed by atoms with van der Waals surface area (Å²) in [4.78, 5) is 16.8. The fourth-order valence-corrected chi connectivity index (χ4v) is 5.35. The van der Waals surface area contributed by atoms with Crippen molar-refractivity contribution >= 4 is 52.2 Å². The van der Waals surface area contributed by atoms with Gasteiger partial charge in [-0.05, 0) is 53.2 Å². The molecule has 0 bridgehead atoms. The zero-order valence-corrected chi connectivity index (χ0v) is 23.1. The van der Waals surface area contributed by atoms with Gasteiger partial charge in [-0.2, -0.15) is 9.97 Å². The molecule has 1 fully saturated rings. The van der Waals surface area contributed by atoms with E-state index >= 15 is 0 Å². The minimum absolute atomic E-state index is 0.478. The Labute approximate surface area is 239 Å². The summed E-state index contributed by atoms with van der Waals surface area (Å²) in [5.74, 6) is 2.30. The van der Waals surface area contributed by atoms with Gasteiger partial charge in [0.25, 0.3) is 0 Å². The first-order valence-electron chi connectivity index (χ1n) is 13.2. The molecule has 2 N–H and O–H groups in total. The van der Waals surface area contributed by atoms with Gasteiger partial charge in [0.1, 0.15) is 11.6 Å². The fraction of sp³-hybridized carbons (Fsp3) is 0.233. The van der Waals surface area contributed by atoms with E-state index in [4.69, 9.17) is 33.8 Å². The highest BCUT2D eigenvalue weighted by Gasteiger charge is 2.24. The van der Waals surface area contributed by atoms with Crippen LogP contribution in [0.3, 0.4) is 0 Å². The van der Waals surface area contributed by atoms with E-state index in [1.165, 1.54) is 16.8 Å². The highest BCUT2D eigenvalue weighted by atomic mass is 35.5. The van der Waals surface area contributed by atoms with Crippen molar-refractivity contribution < 1.29 is 0 Å². The molecule has 0 amide bonds. The van der Waals surface area contributed by atoms with E-state index in [9.17, 15) is 0 Å². The third kappa shape index (κ3) is 6.08. The first-order chi connectivity index (χ1) is 19.1. The molecular formula is C30H30ClN7S. The van der Waals surface area contributed by atoms with E-state index in [0.29, 0.717) is 22.6 Å². The Morgan fingerprint density at radius 2 is 1.33 bits per heavy atom. The van der Waals surface area contributed by atoms with Gasteiger partial charge >= 0.3 is 0 Å². The lowest BCUT2D eigenvalue weighted by Gasteiger charge is -2.37. The SMILES string of the molecule is S=C(NCc1ccc(Cl)cc1)Nc1nc(N2CCN(c3ccccc3)CC2)cc(N2Cc3ccccc3C2)n1. The monoisotopic (exact) mass is 555 g/mol. The summed E-state index contributed by atoms with van der Waals surface area (Å²) in [6.45, 7) is 5.86. The van der Waals surface area contributed by atoms with E-state index in [1.807, 2.05) is 24.3 Å². The molecule has 198 valence electrons. The first kappa shape index (κ1) is 25.4. The summed E-state index contributed by atoms with van der Waals surface area (Å²) in [5, 5.41) is 7.68. The molecule has 2 aliphatic heterocycles. The Balaban J connectivity index is 1.19. The molecule has 0 aliphatic carbocycles. The lowest BCUT2D eigenvalue weighted by atomic mass is 10.1. The number of fused-ring (bicyclic) bond motifs is 1. The lowest BCUT2D eigenvalue weighted by Crippen LogP contribution is -2.47. The molecular weight excluding hydrogens is 526 g/mol. The molecule has 0 spiro atoms. The molecule has 0 atom stereocenters. The van der Waals surface area contributed by atoms with Crippen molar-refractivity contribution in [2.45, 2.75) is 19.6 Å². The Morgan fingerprint density at radius 3 is 2.00 bits per heavy atom. The predicted molar refractivity (Wildman–Crippen MR) is 164 cm³/mol. The molecule has 6 rings (SSSR count). The van der Waals surface area contributed by atoms with Crippen LogP contribution in [0.4, 0.5) is 23.3 Å². The number of hydrogen-bond donors (Lipinski definition) is 2. The Hall–Kier alpha value is -3.88. The average Bonchev–Trinajstić information content (AvgIpc) is 3.42. The number of hydrogen-bond acceptors (Lipinski definition) is 6. The van der Waals surface area contributed by atoms with Crippen LogP contribution >= 0.6 is 23.8 Å². The number of rotatable bonds is 6. The number of halogens is 1. The fourth-order valence-electron chi connectivity index (χ4n) is 5.06. The third-order valence-corrected chi connectivity index (χ3v) is 7.68. The van der Waals surface area contributed by atoms with Gasteiger partial charge in [0, 0.05) is 62.6 Å². The second-order valence-corrected chi connectivity index (χ2v) is 10.6. The summed E-state index contributed by atoms with van der Waals surface area (Å²) in [6.07, 6.45) is 0. The number of aromatic nitrogens is 2. The molecule has 39 heavy (non-hydrogen) atoms. The van der Waals surface area contributed by atoms with Crippen molar-refractivity contribution in [1.29, 1.82) is 0 Å². The summed E-state index contributed by atoms with van der Waals surface area (Å²) < 4.78 is 0. The van der Waals surface area contributed by atoms with Gasteiger partial charge in [0.2, 0.25) is 5.95 Å². The number of nitrogens with zero attached hydrogens (tertiary/aromatic N) is 5. The second kappa shape index (κ2) is 11.5. The first-order valence-corrected chi connectivity index (χ1v) is 13.9. The van der Waals surface area contributed by atoms with Crippen molar-refractivity contribution in [3.63, 3.8) is 0 Å². The van der Waals surface area contributed by atoms with Crippen molar-refractivity contribution in [3.05, 3.63) is 107 Å². The molecule has 4 aromatic rings. The minimum atomic E-state index is 0.478. The van der Waals surface area contributed by atoms with Crippen molar-refractivity contribution in [2.75, 3.05) is 46.2 Å². The molecule has 3 aromatic carbocycles. The number of para-hydroxylation sites is 1. The van der Waals surface area contributed by atoms with Crippen molar-refractivity contribution in [2.24, 2.45) is 0 Å². The van der Waals surface area contributed by atoms with Gasteiger partial charge in [-0.25, -0.2) is 0 Å². The van der Waals surface area contributed by atoms with Gasteiger partial charge < -0.3 is 25.3 Å². The quantitative estimate of drug-likeness (QED) is 0.304. The van der Waals surface area contributed by atoms with Crippen LogP contribution in [0.25, 0.3) is 0 Å². The largest absolute Gasteiger partial charge is 0.368 e. The molecule has 2 aliphatic rings. The molecule has 1 saturated heterocycles. The average molecular weight is 556 g/mol. The molecule has 7 nitrogen and oxygen atoms in total. The van der Waals surface area contributed by atoms with Crippen LogP contribution in [0.2, 0.25) is 5.02 Å². The van der Waals surface area contributed by atoms with E-state index < -0.39 is 0 Å². The molecule has 3 heterocycles.